The molecule has 0 radical (unpaired) electrons. The molecular formula is C19H21N3O2S. The van der Waals surface area contributed by atoms with Gasteiger partial charge in [-0.05, 0) is 29.3 Å². The lowest BCUT2D eigenvalue weighted by Crippen LogP contribution is -2.42. The maximum Gasteiger partial charge on any atom is 0.227 e. The van der Waals surface area contributed by atoms with Crippen molar-refractivity contribution in [1.82, 2.24) is 14.5 Å². The molecule has 5 nitrogen and oxygen atoms in total. The highest BCUT2D eigenvalue weighted by atomic mass is 32.1. The van der Waals surface area contributed by atoms with Crippen LogP contribution in [0.5, 0.6) is 0 Å². The van der Waals surface area contributed by atoms with Gasteiger partial charge >= 0.3 is 0 Å². The second-order valence-corrected chi connectivity index (χ2v) is 7.22. The number of fused-ring (bicyclic) bond motifs is 2. The fraction of sp³-hybridized carbons (Fsp3) is 0.368. The van der Waals surface area contributed by atoms with Crippen LogP contribution in [0.2, 0.25) is 0 Å². The summed E-state index contributed by atoms with van der Waals surface area (Å²) in [7, 11) is 0. The fourth-order valence-corrected chi connectivity index (χ4v) is 4.37. The Bertz CT molecular complexity index is 886. The monoisotopic (exact) mass is 355 g/mol. The summed E-state index contributed by atoms with van der Waals surface area (Å²) in [5, 5.41) is 3.29. The molecule has 2 aromatic heterocycles. The zero-order valence-electron chi connectivity index (χ0n) is 14.2. The number of amides is 1. The number of aromatic nitrogens is 2. The van der Waals surface area contributed by atoms with Crippen molar-refractivity contribution in [2.45, 2.75) is 25.9 Å². The first-order valence-corrected chi connectivity index (χ1v) is 9.45. The van der Waals surface area contributed by atoms with Gasteiger partial charge in [0, 0.05) is 24.0 Å². The minimum absolute atomic E-state index is 0.134. The normalized spacial score (nSPS) is 17.0. The predicted octanol–water partition coefficient (Wildman–Crippen LogP) is 3.26. The van der Waals surface area contributed by atoms with Crippen molar-refractivity contribution in [2.75, 3.05) is 19.8 Å². The minimum Gasteiger partial charge on any atom is -0.380 e. The van der Waals surface area contributed by atoms with Gasteiger partial charge in [0.05, 0.1) is 37.6 Å². The third-order valence-corrected chi connectivity index (χ3v) is 5.71. The van der Waals surface area contributed by atoms with Crippen molar-refractivity contribution in [2.24, 2.45) is 0 Å². The lowest BCUT2D eigenvalue weighted by molar-refractivity contribution is -0.132. The van der Waals surface area contributed by atoms with Crippen LogP contribution < -0.4 is 0 Å². The Hall–Kier alpha value is -2.18. The van der Waals surface area contributed by atoms with E-state index in [1.807, 2.05) is 36.5 Å². The topological polar surface area (TPSA) is 47.4 Å². The maximum atomic E-state index is 12.9. The molecule has 0 fully saturated rings. The molecular weight excluding hydrogens is 334 g/mol. The van der Waals surface area contributed by atoms with E-state index < -0.39 is 0 Å². The molecule has 4 rings (SSSR count). The second kappa shape index (κ2) is 6.98. The summed E-state index contributed by atoms with van der Waals surface area (Å²) in [5.41, 5.74) is 2.19. The van der Waals surface area contributed by atoms with E-state index in [9.17, 15) is 4.79 Å². The number of nitrogens with zero attached hydrogens (tertiary/aromatic N) is 3. The first kappa shape index (κ1) is 16.3. The summed E-state index contributed by atoms with van der Waals surface area (Å²) < 4.78 is 8.98. The quantitative estimate of drug-likeness (QED) is 0.706. The fourth-order valence-electron chi connectivity index (χ4n) is 3.41. The average molecular weight is 355 g/mol. The third-order valence-electron chi connectivity index (χ3n) is 4.69. The molecule has 1 aliphatic heterocycles. The standard InChI is InChI=1S/C19H21N3O2S/c1-2-24-11-16-10-21(9-15-8-20-13-22(15)16)19(23)7-14-12-25-18-6-4-3-5-17(14)18/h3-6,8,12-13,16H,2,7,9-11H2,1H3. The van der Waals surface area contributed by atoms with Gasteiger partial charge < -0.3 is 14.2 Å². The third kappa shape index (κ3) is 3.19. The summed E-state index contributed by atoms with van der Waals surface area (Å²) >= 11 is 1.70. The molecule has 0 aliphatic carbocycles. The van der Waals surface area contributed by atoms with E-state index in [1.54, 1.807) is 11.3 Å². The van der Waals surface area contributed by atoms with Crippen LogP contribution >= 0.6 is 11.3 Å². The highest BCUT2D eigenvalue weighted by Crippen LogP contribution is 2.27. The van der Waals surface area contributed by atoms with E-state index in [2.05, 4.69) is 27.1 Å². The van der Waals surface area contributed by atoms with Gasteiger partial charge in [-0.15, -0.1) is 11.3 Å². The minimum atomic E-state index is 0.134. The van der Waals surface area contributed by atoms with E-state index >= 15 is 0 Å². The zero-order chi connectivity index (χ0) is 17.2. The molecule has 25 heavy (non-hydrogen) atoms. The van der Waals surface area contributed by atoms with E-state index in [0.717, 1.165) is 11.3 Å². The molecule has 1 atom stereocenters. The van der Waals surface area contributed by atoms with Crippen LogP contribution in [0, 0.1) is 0 Å². The number of benzene rings is 1. The summed E-state index contributed by atoms with van der Waals surface area (Å²) in [5.74, 6) is 0.164. The van der Waals surface area contributed by atoms with Crippen molar-refractivity contribution in [3.05, 3.63) is 53.4 Å². The highest BCUT2D eigenvalue weighted by Gasteiger charge is 2.28. The summed E-state index contributed by atoms with van der Waals surface area (Å²) in [4.78, 5) is 19.1. The van der Waals surface area contributed by atoms with Crippen LogP contribution in [-0.4, -0.2) is 40.1 Å². The molecule has 0 N–H and O–H groups in total. The molecule has 3 aromatic rings. The molecule has 1 aliphatic rings. The molecule has 130 valence electrons. The van der Waals surface area contributed by atoms with Crippen LogP contribution in [0.4, 0.5) is 0 Å². The molecule has 0 saturated heterocycles. The molecule has 1 unspecified atom stereocenters. The molecule has 1 amide bonds. The van der Waals surface area contributed by atoms with Crippen LogP contribution in [0.1, 0.15) is 24.2 Å². The lowest BCUT2D eigenvalue weighted by atomic mass is 10.1. The Balaban J connectivity index is 1.52. The predicted molar refractivity (Wildman–Crippen MR) is 98.7 cm³/mol. The Morgan fingerprint density at radius 2 is 2.28 bits per heavy atom. The van der Waals surface area contributed by atoms with Gasteiger partial charge in [0.1, 0.15) is 0 Å². The molecule has 0 saturated carbocycles. The largest absolute Gasteiger partial charge is 0.380 e. The van der Waals surface area contributed by atoms with Gasteiger partial charge in [-0.2, -0.15) is 0 Å². The number of rotatable bonds is 5. The number of thiophene rings is 1. The van der Waals surface area contributed by atoms with E-state index in [4.69, 9.17) is 4.74 Å². The zero-order valence-corrected chi connectivity index (χ0v) is 15.0. The van der Waals surface area contributed by atoms with Gasteiger partial charge in [0.2, 0.25) is 5.91 Å². The SMILES string of the molecule is CCOCC1CN(C(=O)Cc2csc3ccccc23)Cc2cncn21. The van der Waals surface area contributed by atoms with Gasteiger partial charge in [-0.1, -0.05) is 18.2 Å². The first-order chi connectivity index (χ1) is 12.3. The Kier molecular flexibility index (Phi) is 4.55. The van der Waals surface area contributed by atoms with Gasteiger partial charge in [-0.3, -0.25) is 4.79 Å². The molecule has 0 bridgehead atoms. The van der Waals surface area contributed by atoms with Crippen molar-refractivity contribution in [3.8, 4) is 0 Å². The van der Waals surface area contributed by atoms with E-state index in [1.165, 1.54) is 10.1 Å². The molecule has 0 spiro atoms. The van der Waals surface area contributed by atoms with Crippen molar-refractivity contribution in [3.63, 3.8) is 0 Å². The van der Waals surface area contributed by atoms with E-state index in [0.29, 0.717) is 32.7 Å². The van der Waals surface area contributed by atoms with Crippen LogP contribution in [0.15, 0.2) is 42.2 Å². The van der Waals surface area contributed by atoms with Gasteiger partial charge in [0.25, 0.3) is 0 Å². The van der Waals surface area contributed by atoms with Crippen LogP contribution in [0.3, 0.4) is 0 Å². The van der Waals surface area contributed by atoms with Crippen LogP contribution in [-0.2, 0) is 22.5 Å². The number of carbonyl (C=O) groups excluding carboxylic acids is 1. The molecule has 3 heterocycles. The van der Waals surface area contributed by atoms with Gasteiger partial charge in [-0.25, -0.2) is 4.98 Å². The van der Waals surface area contributed by atoms with Crippen molar-refractivity contribution in [1.29, 1.82) is 0 Å². The Labute approximate surface area is 150 Å². The van der Waals surface area contributed by atoms with E-state index in [-0.39, 0.29) is 11.9 Å². The summed E-state index contributed by atoms with van der Waals surface area (Å²) in [6.45, 7) is 4.55. The average Bonchev–Trinajstić information content (AvgIpc) is 3.26. The second-order valence-electron chi connectivity index (χ2n) is 6.31. The number of ether oxygens (including phenoxy) is 1. The Morgan fingerprint density at radius 3 is 3.16 bits per heavy atom. The summed E-state index contributed by atoms with van der Waals surface area (Å²) in [6, 6.07) is 8.40. The molecule has 1 aromatic carbocycles. The first-order valence-electron chi connectivity index (χ1n) is 8.57. The van der Waals surface area contributed by atoms with Crippen molar-refractivity contribution < 1.29 is 9.53 Å². The number of hydrogen-bond donors (Lipinski definition) is 0. The number of imidazole rings is 1. The number of carbonyl (C=O) groups is 1. The molecule has 6 heteroatoms. The lowest BCUT2D eigenvalue weighted by Gasteiger charge is -2.34. The Morgan fingerprint density at radius 1 is 1.40 bits per heavy atom. The smallest absolute Gasteiger partial charge is 0.227 e. The maximum absolute atomic E-state index is 12.9. The van der Waals surface area contributed by atoms with Crippen LogP contribution in [0.25, 0.3) is 10.1 Å². The summed E-state index contributed by atoms with van der Waals surface area (Å²) in [6.07, 6.45) is 4.13. The van der Waals surface area contributed by atoms with Crippen molar-refractivity contribution >= 4 is 27.3 Å². The number of hydrogen-bond acceptors (Lipinski definition) is 4. The van der Waals surface area contributed by atoms with Gasteiger partial charge in [0.15, 0.2) is 0 Å². The highest BCUT2D eigenvalue weighted by molar-refractivity contribution is 7.17.